The first-order chi connectivity index (χ1) is 8.99. The number of halogens is 3. The van der Waals surface area contributed by atoms with Crippen LogP contribution in [0.4, 0.5) is 13.2 Å². The molecular formula is C12H14F3NO3. The molecule has 1 N–H and O–H groups in total. The summed E-state index contributed by atoms with van der Waals surface area (Å²) in [6, 6.07) is 1.80. The standard InChI is InChI=1S/C12H14F3NO3/c1-18-10(19-2)6-16-9(17)5-7-3-4-8(13)12(15)11(7)14/h3-4,10H,5-6H2,1-2H3,(H,16,17). The molecule has 1 rings (SSSR count). The molecule has 0 heterocycles. The predicted octanol–water partition coefficient (Wildman–Crippen LogP) is 1.38. The summed E-state index contributed by atoms with van der Waals surface area (Å²) in [6.07, 6.45) is -1.03. The van der Waals surface area contributed by atoms with Crippen molar-refractivity contribution >= 4 is 5.91 Å². The summed E-state index contributed by atoms with van der Waals surface area (Å²) >= 11 is 0. The Kier molecular flexibility index (Phi) is 5.78. The van der Waals surface area contributed by atoms with E-state index in [4.69, 9.17) is 9.47 Å². The number of ether oxygens (including phenoxy) is 2. The zero-order chi connectivity index (χ0) is 14.4. The Hall–Kier alpha value is -1.60. The molecule has 106 valence electrons. The van der Waals surface area contributed by atoms with Crippen LogP contribution in [0.25, 0.3) is 0 Å². The van der Waals surface area contributed by atoms with Crippen LogP contribution in [0.5, 0.6) is 0 Å². The van der Waals surface area contributed by atoms with Gasteiger partial charge in [-0.15, -0.1) is 0 Å². The van der Waals surface area contributed by atoms with Gasteiger partial charge in [-0.25, -0.2) is 13.2 Å². The van der Waals surface area contributed by atoms with Crippen LogP contribution in [0, 0.1) is 17.5 Å². The molecule has 4 nitrogen and oxygen atoms in total. The minimum absolute atomic E-state index is 0.0666. The van der Waals surface area contributed by atoms with Gasteiger partial charge in [-0.3, -0.25) is 4.79 Å². The fourth-order valence-electron chi connectivity index (χ4n) is 1.40. The first-order valence-electron chi connectivity index (χ1n) is 5.44. The van der Waals surface area contributed by atoms with Gasteiger partial charge in [0, 0.05) is 19.8 Å². The maximum absolute atomic E-state index is 13.3. The van der Waals surface area contributed by atoms with Crippen molar-refractivity contribution in [2.75, 3.05) is 20.8 Å². The van der Waals surface area contributed by atoms with Gasteiger partial charge in [0.15, 0.2) is 23.7 Å². The molecule has 0 aliphatic carbocycles. The largest absolute Gasteiger partial charge is 0.354 e. The molecule has 19 heavy (non-hydrogen) atoms. The van der Waals surface area contributed by atoms with Crippen LogP contribution in [-0.2, 0) is 20.7 Å². The number of benzene rings is 1. The van der Waals surface area contributed by atoms with Gasteiger partial charge in [-0.05, 0) is 6.07 Å². The summed E-state index contributed by atoms with van der Waals surface area (Å²) < 4.78 is 48.6. The SMILES string of the molecule is COC(CNC(=O)Cc1ccc(F)c(F)c1F)OC. The van der Waals surface area contributed by atoms with E-state index in [9.17, 15) is 18.0 Å². The Bertz CT molecular complexity index is 450. The zero-order valence-electron chi connectivity index (χ0n) is 10.5. The van der Waals surface area contributed by atoms with Crippen molar-refractivity contribution in [3.63, 3.8) is 0 Å². The highest BCUT2D eigenvalue weighted by atomic mass is 19.2. The first-order valence-corrected chi connectivity index (χ1v) is 5.44. The van der Waals surface area contributed by atoms with Crippen LogP contribution in [0.3, 0.4) is 0 Å². The van der Waals surface area contributed by atoms with E-state index in [-0.39, 0.29) is 12.1 Å². The Balaban J connectivity index is 2.60. The van der Waals surface area contributed by atoms with Crippen molar-refractivity contribution in [1.29, 1.82) is 0 Å². The van der Waals surface area contributed by atoms with Gasteiger partial charge in [-0.1, -0.05) is 6.07 Å². The summed E-state index contributed by atoms with van der Waals surface area (Å²) in [5, 5.41) is 2.42. The summed E-state index contributed by atoms with van der Waals surface area (Å²) in [5.74, 6) is -4.79. The molecule has 1 aromatic rings. The highest BCUT2D eigenvalue weighted by Gasteiger charge is 2.16. The molecule has 0 spiro atoms. The number of nitrogens with one attached hydrogen (secondary N) is 1. The van der Waals surface area contributed by atoms with E-state index in [1.54, 1.807) is 0 Å². The number of carbonyl (C=O) groups is 1. The van der Waals surface area contributed by atoms with Crippen LogP contribution in [0.2, 0.25) is 0 Å². The number of hydrogen-bond donors (Lipinski definition) is 1. The second-order valence-corrected chi connectivity index (χ2v) is 3.72. The van der Waals surface area contributed by atoms with Gasteiger partial charge >= 0.3 is 0 Å². The first kappa shape index (κ1) is 15.5. The second kappa shape index (κ2) is 7.10. The van der Waals surface area contributed by atoms with Crippen molar-refractivity contribution in [1.82, 2.24) is 5.32 Å². The molecule has 0 aliphatic heterocycles. The quantitative estimate of drug-likeness (QED) is 0.631. The van der Waals surface area contributed by atoms with Gasteiger partial charge in [-0.2, -0.15) is 0 Å². The number of methoxy groups -OCH3 is 2. The Labute approximate surface area is 108 Å². The fourth-order valence-corrected chi connectivity index (χ4v) is 1.40. The molecule has 0 bridgehead atoms. The summed E-state index contributed by atoms with van der Waals surface area (Å²) in [4.78, 5) is 11.5. The van der Waals surface area contributed by atoms with Crippen LogP contribution < -0.4 is 5.32 Å². The Morgan fingerprint density at radius 1 is 1.21 bits per heavy atom. The van der Waals surface area contributed by atoms with Crippen molar-refractivity contribution in [2.24, 2.45) is 0 Å². The maximum atomic E-state index is 13.3. The normalized spacial score (nSPS) is 10.8. The van der Waals surface area contributed by atoms with Crippen molar-refractivity contribution in [3.8, 4) is 0 Å². The lowest BCUT2D eigenvalue weighted by atomic mass is 10.1. The van der Waals surface area contributed by atoms with Gasteiger partial charge in [0.1, 0.15) is 0 Å². The third-order valence-corrected chi connectivity index (χ3v) is 2.46. The molecule has 0 atom stereocenters. The van der Waals surface area contributed by atoms with Crippen LogP contribution >= 0.6 is 0 Å². The number of carbonyl (C=O) groups excluding carboxylic acids is 1. The van der Waals surface area contributed by atoms with Crippen LogP contribution in [-0.4, -0.2) is 33.0 Å². The van der Waals surface area contributed by atoms with E-state index in [1.165, 1.54) is 14.2 Å². The van der Waals surface area contributed by atoms with Crippen LogP contribution in [0.15, 0.2) is 12.1 Å². The topological polar surface area (TPSA) is 47.6 Å². The summed E-state index contributed by atoms with van der Waals surface area (Å²) in [5.41, 5.74) is -0.220. The summed E-state index contributed by atoms with van der Waals surface area (Å²) in [6.45, 7) is 0.0666. The highest BCUT2D eigenvalue weighted by molar-refractivity contribution is 5.78. The predicted molar refractivity (Wildman–Crippen MR) is 60.8 cm³/mol. The summed E-state index contributed by atoms with van der Waals surface area (Å²) in [7, 11) is 2.80. The molecular weight excluding hydrogens is 263 g/mol. The van der Waals surface area contributed by atoms with Gasteiger partial charge in [0.2, 0.25) is 5.91 Å². The van der Waals surface area contributed by atoms with E-state index in [0.717, 1.165) is 12.1 Å². The molecule has 0 unspecified atom stereocenters. The van der Waals surface area contributed by atoms with Gasteiger partial charge < -0.3 is 14.8 Å². The fraction of sp³-hybridized carbons (Fsp3) is 0.417. The van der Waals surface area contributed by atoms with Crippen molar-refractivity contribution in [3.05, 3.63) is 35.1 Å². The molecule has 0 aromatic heterocycles. The maximum Gasteiger partial charge on any atom is 0.224 e. The Morgan fingerprint density at radius 2 is 1.84 bits per heavy atom. The number of rotatable bonds is 6. The van der Waals surface area contributed by atoms with E-state index < -0.39 is 36.1 Å². The number of amides is 1. The molecule has 0 saturated carbocycles. The smallest absolute Gasteiger partial charge is 0.224 e. The molecule has 1 aromatic carbocycles. The molecule has 0 radical (unpaired) electrons. The second-order valence-electron chi connectivity index (χ2n) is 3.72. The zero-order valence-corrected chi connectivity index (χ0v) is 10.5. The van der Waals surface area contributed by atoms with E-state index in [2.05, 4.69) is 5.32 Å². The lowest BCUT2D eigenvalue weighted by Crippen LogP contribution is -2.35. The molecule has 0 aliphatic rings. The third-order valence-electron chi connectivity index (χ3n) is 2.46. The molecule has 1 amide bonds. The highest BCUT2D eigenvalue weighted by Crippen LogP contribution is 2.15. The van der Waals surface area contributed by atoms with Crippen molar-refractivity contribution < 1.29 is 27.4 Å². The minimum atomic E-state index is -1.59. The molecule has 0 saturated heterocycles. The van der Waals surface area contributed by atoms with Gasteiger partial charge in [0.25, 0.3) is 0 Å². The van der Waals surface area contributed by atoms with Crippen molar-refractivity contribution in [2.45, 2.75) is 12.7 Å². The number of hydrogen-bond acceptors (Lipinski definition) is 3. The lowest BCUT2D eigenvalue weighted by Gasteiger charge is -2.14. The Morgan fingerprint density at radius 3 is 2.42 bits per heavy atom. The average Bonchev–Trinajstić information content (AvgIpc) is 2.40. The third kappa shape index (κ3) is 4.22. The van der Waals surface area contributed by atoms with E-state index >= 15 is 0 Å². The van der Waals surface area contributed by atoms with Crippen LogP contribution in [0.1, 0.15) is 5.56 Å². The minimum Gasteiger partial charge on any atom is -0.354 e. The van der Waals surface area contributed by atoms with E-state index in [0.29, 0.717) is 0 Å². The van der Waals surface area contributed by atoms with Gasteiger partial charge in [0.05, 0.1) is 13.0 Å². The lowest BCUT2D eigenvalue weighted by molar-refractivity contribution is -0.126. The molecule has 7 heteroatoms. The molecule has 0 fully saturated rings. The van der Waals surface area contributed by atoms with E-state index in [1.807, 2.05) is 0 Å². The monoisotopic (exact) mass is 277 g/mol. The average molecular weight is 277 g/mol.